The Hall–Kier alpha value is -2.58. The predicted octanol–water partition coefficient (Wildman–Crippen LogP) is 4.46. The second-order valence-electron chi connectivity index (χ2n) is 5.28. The van der Waals surface area contributed by atoms with Crippen LogP contribution in [0.25, 0.3) is 9.88 Å². The van der Waals surface area contributed by atoms with Gasteiger partial charge in [0.25, 0.3) is 5.91 Å². The molecule has 0 aliphatic heterocycles. The number of methoxy groups -OCH3 is 3. The third-order valence-corrected chi connectivity index (χ3v) is 5.85. The van der Waals surface area contributed by atoms with Crippen molar-refractivity contribution in [1.29, 1.82) is 0 Å². The Labute approximate surface area is 159 Å². The molecule has 2 aromatic heterocycles. The molecule has 0 bridgehead atoms. The number of benzene rings is 1. The second-order valence-corrected chi connectivity index (χ2v) is 7.23. The number of rotatable bonds is 6. The van der Waals surface area contributed by atoms with Crippen LogP contribution < -0.4 is 19.5 Å². The molecule has 0 aliphatic rings. The summed E-state index contributed by atoms with van der Waals surface area (Å²) in [6.45, 7) is 1.83. The predicted molar refractivity (Wildman–Crippen MR) is 104 cm³/mol. The molecule has 0 saturated heterocycles. The minimum absolute atomic E-state index is 0.225. The van der Waals surface area contributed by atoms with Crippen LogP contribution in [0.5, 0.6) is 17.2 Å². The van der Waals surface area contributed by atoms with E-state index in [2.05, 4.69) is 10.3 Å². The Bertz CT molecular complexity index is 894. The number of amides is 1. The third kappa shape index (κ3) is 3.51. The van der Waals surface area contributed by atoms with E-state index in [1.54, 1.807) is 23.5 Å². The fraction of sp³-hybridized carbons (Fsp3) is 0.222. The first-order valence-electron chi connectivity index (χ1n) is 7.70. The zero-order valence-corrected chi connectivity index (χ0v) is 16.4. The number of thiophene rings is 1. The van der Waals surface area contributed by atoms with Gasteiger partial charge in [-0.1, -0.05) is 6.07 Å². The standard InChI is InChI=1S/C18H18N2O4S2/c1-10-16(26-18(19-10)14-6-5-7-25-14)17(21)20-11-8-12(22-2)15(24-4)13(9-11)23-3/h5-9H,1-4H3,(H,20,21). The lowest BCUT2D eigenvalue weighted by molar-refractivity contribution is 0.103. The van der Waals surface area contributed by atoms with Gasteiger partial charge in [0, 0.05) is 17.8 Å². The lowest BCUT2D eigenvalue weighted by Crippen LogP contribution is -2.12. The summed E-state index contributed by atoms with van der Waals surface area (Å²) in [6, 6.07) is 7.34. The van der Waals surface area contributed by atoms with Gasteiger partial charge in [0.15, 0.2) is 11.5 Å². The van der Waals surface area contributed by atoms with E-state index in [1.165, 1.54) is 32.7 Å². The molecule has 0 unspecified atom stereocenters. The zero-order chi connectivity index (χ0) is 18.7. The fourth-order valence-electron chi connectivity index (χ4n) is 2.45. The van der Waals surface area contributed by atoms with Crippen molar-refractivity contribution in [2.24, 2.45) is 0 Å². The molecule has 0 aliphatic carbocycles. The van der Waals surface area contributed by atoms with E-state index in [9.17, 15) is 4.79 Å². The molecular formula is C18H18N2O4S2. The Kier molecular flexibility index (Phi) is 5.43. The van der Waals surface area contributed by atoms with Crippen molar-refractivity contribution in [1.82, 2.24) is 4.98 Å². The van der Waals surface area contributed by atoms with E-state index >= 15 is 0 Å². The molecule has 1 N–H and O–H groups in total. The van der Waals surface area contributed by atoms with Crippen LogP contribution in [-0.4, -0.2) is 32.2 Å². The van der Waals surface area contributed by atoms with Crippen molar-refractivity contribution < 1.29 is 19.0 Å². The number of hydrogen-bond donors (Lipinski definition) is 1. The van der Waals surface area contributed by atoms with Crippen molar-refractivity contribution >= 4 is 34.3 Å². The number of aromatic nitrogens is 1. The summed E-state index contributed by atoms with van der Waals surface area (Å²) < 4.78 is 15.9. The first-order chi connectivity index (χ1) is 12.6. The highest BCUT2D eigenvalue weighted by molar-refractivity contribution is 7.22. The maximum atomic E-state index is 12.7. The van der Waals surface area contributed by atoms with Crippen LogP contribution >= 0.6 is 22.7 Å². The highest BCUT2D eigenvalue weighted by Crippen LogP contribution is 2.40. The van der Waals surface area contributed by atoms with E-state index in [-0.39, 0.29) is 5.91 Å². The Morgan fingerprint density at radius 1 is 1.12 bits per heavy atom. The number of nitrogens with zero attached hydrogens (tertiary/aromatic N) is 1. The smallest absolute Gasteiger partial charge is 0.267 e. The minimum Gasteiger partial charge on any atom is -0.493 e. The maximum absolute atomic E-state index is 12.7. The normalized spacial score (nSPS) is 10.5. The van der Waals surface area contributed by atoms with Crippen LogP contribution in [0.2, 0.25) is 0 Å². The van der Waals surface area contributed by atoms with Crippen LogP contribution in [0.15, 0.2) is 29.6 Å². The Morgan fingerprint density at radius 3 is 2.35 bits per heavy atom. The summed E-state index contributed by atoms with van der Waals surface area (Å²) >= 11 is 2.97. The quantitative estimate of drug-likeness (QED) is 0.673. The third-order valence-electron chi connectivity index (χ3n) is 3.66. The molecule has 8 heteroatoms. The number of aryl methyl sites for hydroxylation is 1. The van der Waals surface area contributed by atoms with Crippen LogP contribution in [-0.2, 0) is 0 Å². The molecular weight excluding hydrogens is 372 g/mol. The highest BCUT2D eigenvalue weighted by Gasteiger charge is 2.19. The van der Waals surface area contributed by atoms with Crippen molar-refractivity contribution in [2.75, 3.05) is 26.6 Å². The van der Waals surface area contributed by atoms with Gasteiger partial charge >= 0.3 is 0 Å². The summed E-state index contributed by atoms with van der Waals surface area (Å²) in [5.74, 6) is 1.20. The molecule has 1 amide bonds. The molecule has 1 aromatic carbocycles. The van der Waals surface area contributed by atoms with Gasteiger partial charge in [0.05, 0.1) is 31.9 Å². The van der Waals surface area contributed by atoms with Gasteiger partial charge in [-0.05, 0) is 18.4 Å². The van der Waals surface area contributed by atoms with E-state index in [1.807, 2.05) is 24.4 Å². The number of carbonyl (C=O) groups is 1. The van der Waals surface area contributed by atoms with E-state index < -0.39 is 0 Å². The molecule has 6 nitrogen and oxygen atoms in total. The van der Waals surface area contributed by atoms with Crippen molar-refractivity contribution in [3.05, 3.63) is 40.2 Å². The van der Waals surface area contributed by atoms with Gasteiger partial charge in [0.2, 0.25) is 5.75 Å². The molecule has 0 spiro atoms. The number of thiazole rings is 1. The van der Waals surface area contributed by atoms with Gasteiger partial charge in [-0.3, -0.25) is 4.79 Å². The summed E-state index contributed by atoms with van der Waals surface area (Å²) in [5.41, 5.74) is 1.25. The second kappa shape index (κ2) is 7.76. The number of nitrogens with one attached hydrogen (secondary N) is 1. The summed E-state index contributed by atoms with van der Waals surface area (Å²) in [6.07, 6.45) is 0. The van der Waals surface area contributed by atoms with Gasteiger partial charge in [-0.2, -0.15) is 0 Å². The largest absolute Gasteiger partial charge is 0.493 e. The molecule has 0 saturated carbocycles. The average Bonchev–Trinajstić information content (AvgIpc) is 3.30. The van der Waals surface area contributed by atoms with Crippen molar-refractivity contribution in [3.63, 3.8) is 0 Å². The molecule has 0 fully saturated rings. The molecule has 136 valence electrons. The number of ether oxygens (including phenoxy) is 3. The topological polar surface area (TPSA) is 69.7 Å². The van der Waals surface area contributed by atoms with Gasteiger partial charge in [0.1, 0.15) is 9.88 Å². The van der Waals surface area contributed by atoms with Gasteiger partial charge in [-0.25, -0.2) is 4.98 Å². The van der Waals surface area contributed by atoms with Crippen molar-refractivity contribution in [2.45, 2.75) is 6.92 Å². The lowest BCUT2D eigenvalue weighted by atomic mass is 10.2. The lowest BCUT2D eigenvalue weighted by Gasteiger charge is -2.14. The maximum Gasteiger partial charge on any atom is 0.267 e. The average molecular weight is 390 g/mol. The summed E-state index contributed by atoms with van der Waals surface area (Å²) in [5, 5.41) is 5.71. The van der Waals surface area contributed by atoms with Crippen LogP contribution in [0.1, 0.15) is 15.4 Å². The number of anilines is 1. The fourth-order valence-corrected chi connectivity index (χ4v) is 4.21. The molecule has 2 heterocycles. The van der Waals surface area contributed by atoms with Crippen LogP contribution in [0.4, 0.5) is 5.69 Å². The SMILES string of the molecule is COc1cc(NC(=O)c2sc(-c3cccs3)nc2C)cc(OC)c1OC. The molecule has 3 aromatic rings. The van der Waals surface area contributed by atoms with Crippen LogP contribution in [0.3, 0.4) is 0 Å². The van der Waals surface area contributed by atoms with E-state index in [0.717, 1.165) is 9.88 Å². The van der Waals surface area contributed by atoms with E-state index in [0.29, 0.717) is 33.5 Å². The van der Waals surface area contributed by atoms with Crippen molar-refractivity contribution in [3.8, 4) is 27.1 Å². The Morgan fingerprint density at radius 2 is 1.81 bits per heavy atom. The Balaban J connectivity index is 1.89. The summed E-state index contributed by atoms with van der Waals surface area (Å²) in [7, 11) is 4.60. The first-order valence-corrected chi connectivity index (χ1v) is 9.39. The molecule has 0 atom stereocenters. The van der Waals surface area contributed by atoms with E-state index in [4.69, 9.17) is 14.2 Å². The number of hydrogen-bond acceptors (Lipinski definition) is 7. The zero-order valence-electron chi connectivity index (χ0n) is 14.8. The first kappa shape index (κ1) is 18.2. The summed E-state index contributed by atoms with van der Waals surface area (Å²) in [4.78, 5) is 18.8. The van der Waals surface area contributed by atoms with Gasteiger partial charge in [-0.15, -0.1) is 22.7 Å². The molecule has 3 rings (SSSR count). The monoisotopic (exact) mass is 390 g/mol. The van der Waals surface area contributed by atoms with Crippen LogP contribution in [0, 0.1) is 6.92 Å². The number of carbonyl (C=O) groups excluding carboxylic acids is 1. The highest BCUT2D eigenvalue weighted by atomic mass is 32.1. The molecule has 26 heavy (non-hydrogen) atoms. The molecule has 0 radical (unpaired) electrons. The minimum atomic E-state index is -0.225. The van der Waals surface area contributed by atoms with Gasteiger partial charge < -0.3 is 19.5 Å².